The fourth-order valence-corrected chi connectivity index (χ4v) is 1.65. The first-order valence-corrected chi connectivity index (χ1v) is 5.58. The van der Waals surface area contributed by atoms with Crippen LogP contribution in [0, 0.1) is 0 Å². The lowest BCUT2D eigenvalue weighted by Gasteiger charge is -2.36. The summed E-state index contributed by atoms with van der Waals surface area (Å²) in [5.41, 5.74) is -2.21. The predicted octanol–water partition coefficient (Wildman–Crippen LogP) is 0.833. The molecule has 6 heteroatoms. The number of amides is 1. The standard InChI is InChI=1S/C11H19NO5/c1-10(2,3)17-8(13)11(16)4-6-12(7-5-11)9(14)15/h16H,4-7H2,1-3H3,(H,14,15). The Hall–Kier alpha value is -1.30. The van der Waals surface area contributed by atoms with Crippen LogP contribution in [-0.2, 0) is 9.53 Å². The van der Waals surface area contributed by atoms with Crippen LogP contribution in [0.1, 0.15) is 33.6 Å². The van der Waals surface area contributed by atoms with Gasteiger partial charge in [0.25, 0.3) is 0 Å². The number of nitrogens with zero attached hydrogens (tertiary/aromatic N) is 1. The van der Waals surface area contributed by atoms with Gasteiger partial charge in [0.05, 0.1) is 0 Å². The minimum absolute atomic E-state index is 0.0776. The Kier molecular flexibility index (Phi) is 3.66. The second-order valence-electron chi connectivity index (χ2n) is 5.30. The molecule has 1 saturated heterocycles. The predicted molar refractivity (Wildman–Crippen MR) is 59.6 cm³/mol. The fourth-order valence-electron chi connectivity index (χ4n) is 1.65. The number of hydrogen-bond donors (Lipinski definition) is 2. The summed E-state index contributed by atoms with van der Waals surface area (Å²) >= 11 is 0. The molecule has 0 saturated carbocycles. The molecular formula is C11H19NO5. The van der Waals surface area contributed by atoms with Gasteiger partial charge < -0.3 is 19.8 Å². The maximum atomic E-state index is 11.8. The van der Waals surface area contributed by atoms with Crippen LogP contribution in [0.4, 0.5) is 4.79 Å². The minimum Gasteiger partial charge on any atom is -0.465 e. The van der Waals surface area contributed by atoms with Crippen molar-refractivity contribution in [1.82, 2.24) is 4.90 Å². The van der Waals surface area contributed by atoms with Crippen LogP contribution in [0.3, 0.4) is 0 Å². The van der Waals surface area contributed by atoms with E-state index in [0.29, 0.717) is 0 Å². The van der Waals surface area contributed by atoms with Gasteiger partial charge in [-0.2, -0.15) is 0 Å². The molecule has 0 atom stereocenters. The van der Waals surface area contributed by atoms with Crippen LogP contribution in [-0.4, -0.2) is 51.5 Å². The van der Waals surface area contributed by atoms with Crippen molar-refractivity contribution in [3.63, 3.8) is 0 Å². The van der Waals surface area contributed by atoms with Gasteiger partial charge in [-0.15, -0.1) is 0 Å². The first kappa shape index (κ1) is 13.8. The Labute approximate surface area is 100 Å². The van der Waals surface area contributed by atoms with E-state index in [4.69, 9.17) is 9.84 Å². The topological polar surface area (TPSA) is 87.1 Å². The average molecular weight is 245 g/mol. The largest absolute Gasteiger partial charge is 0.465 e. The molecule has 2 N–H and O–H groups in total. The first-order chi connectivity index (χ1) is 7.64. The molecule has 6 nitrogen and oxygen atoms in total. The molecule has 1 fully saturated rings. The highest BCUT2D eigenvalue weighted by Crippen LogP contribution is 2.25. The van der Waals surface area contributed by atoms with Crippen molar-refractivity contribution >= 4 is 12.1 Å². The molecule has 0 spiro atoms. The fraction of sp³-hybridized carbons (Fsp3) is 0.818. The van der Waals surface area contributed by atoms with Crippen molar-refractivity contribution in [3.8, 4) is 0 Å². The van der Waals surface area contributed by atoms with Crippen molar-refractivity contribution in [3.05, 3.63) is 0 Å². The highest BCUT2D eigenvalue weighted by molar-refractivity contribution is 5.80. The minimum atomic E-state index is -1.56. The van der Waals surface area contributed by atoms with Crippen LogP contribution < -0.4 is 0 Å². The molecule has 0 unspecified atom stereocenters. The van der Waals surface area contributed by atoms with Crippen molar-refractivity contribution in [2.75, 3.05) is 13.1 Å². The summed E-state index contributed by atoms with van der Waals surface area (Å²) in [6, 6.07) is 0. The zero-order valence-corrected chi connectivity index (χ0v) is 10.4. The Morgan fingerprint density at radius 3 is 2.06 bits per heavy atom. The summed E-state index contributed by atoms with van der Waals surface area (Å²) < 4.78 is 5.12. The lowest BCUT2D eigenvalue weighted by Crippen LogP contribution is -2.52. The SMILES string of the molecule is CC(C)(C)OC(=O)C1(O)CCN(C(=O)O)CC1. The van der Waals surface area contributed by atoms with E-state index >= 15 is 0 Å². The van der Waals surface area contributed by atoms with Crippen molar-refractivity contribution in [2.45, 2.75) is 44.8 Å². The van der Waals surface area contributed by atoms with Crippen LogP contribution in [0.25, 0.3) is 0 Å². The third kappa shape index (κ3) is 3.59. The average Bonchev–Trinajstić information content (AvgIpc) is 2.15. The summed E-state index contributed by atoms with van der Waals surface area (Å²) in [7, 11) is 0. The van der Waals surface area contributed by atoms with Gasteiger partial charge in [-0.25, -0.2) is 9.59 Å². The summed E-state index contributed by atoms with van der Waals surface area (Å²) in [4.78, 5) is 23.6. The second kappa shape index (κ2) is 4.52. The van der Waals surface area contributed by atoms with Crippen molar-refractivity contribution in [1.29, 1.82) is 0 Å². The maximum Gasteiger partial charge on any atom is 0.407 e. The van der Waals surface area contributed by atoms with E-state index in [0.717, 1.165) is 0 Å². The lowest BCUT2D eigenvalue weighted by atomic mass is 9.91. The number of carbonyl (C=O) groups excluding carboxylic acids is 1. The molecule has 1 heterocycles. The van der Waals surface area contributed by atoms with Gasteiger partial charge in [0.2, 0.25) is 0 Å². The van der Waals surface area contributed by atoms with Gasteiger partial charge >= 0.3 is 12.1 Å². The Morgan fingerprint density at radius 2 is 1.71 bits per heavy atom. The molecule has 0 radical (unpaired) electrons. The van der Waals surface area contributed by atoms with Crippen molar-refractivity contribution in [2.24, 2.45) is 0 Å². The summed E-state index contributed by atoms with van der Waals surface area (Å²) in [6.07, 6.45) is -0.876. The number of likely N-dealkylation sites (tertiary alicyclic amines) is 1. The van der Waals surface area contributed by atoms with E-state index in [2.05, 4.69) is 0 Å². The van der Waals surface area contributed by atoms with E-state index in [-0.39, 0.29) is 25.9 Å². The zero-order chi connectivity index (χ0) is 13.3. The Balaban J connectivity index is 2.60. The van der Waals surface area contributed by atoms with E-state index in [1.54, 1.807) is 20.8 Å². The monoisotopic (exact) mass is 245 g/mol. The Bertz CT molecular complexity index is 312. The van der Waals surface area contributed by atoms with E-state index < -0.39 is 23.3 Å². The van der Waals surface area contributed by atoms with Crippen LogP contribution in [0.5, 0.6) is 0 Å². The van der Waals surface area contributed by atoms with Crippen LogP contribution in [0.15, 0.2) is 0 Å². The van der Waals surface area contributed by atoms with Gasteiger partial charge in [-0.1, -0.05) is 0 Å². The number of piperidine rings is 1. The van der Waals surface area contributed by atoms with Gasteiger partial charge in [-0.05, 0) is 20.8 Å². The number of rotatable bonds is 1. The van der Waals surface area contributed by atoms with Gasteiger partial charge in [0.1, 0.15) is 5.60 Å². The first-order valence-electron chi connectivity index (χ1n) is 5.58. The number of ether oxygens (including phenoxy) is 1. The smallest absolute Gasteiger partial charge is 0.407 e. The van der Waals surface area contributed by atoms with Crippen molar-refractivity contribution < 1.29 is 24.5 Å². The van der Waals surface area contributed by atoms with Gasteiger partial charge in [0, 0.05) is 25.9 Å². The molecule has 0 aromatic carbocycles. The quantitative estimate of drug-likeness (QED) is 0.668. The van der Waals surface area contributed by atoms with E-state index in [1.807, 2.05) is 0 Å². The molecule has 1 aliphatic heterocycles. The molecule has 1 aliphatic rings. The highest BCUT2D eigenvalue weighted by Gasteiger charge is 2.43. The molecule has 0 bridgehead atoms. The number of aliphatic hydroxyl groups is 1. The second-order valence-corrected chi connectivity index (χ2v) is 5.30. The van der Waals surface area contributed by atoms with Gasteiger partial charge in [0.15, 0.2) is 5.60 Å². The normalized spacial score (nSPS) is 19.9. The van der Waals surface area contributed by atoms with Crippen LogP contribution >= 0.6 is 0 Å². The molecule has 0 aromatic heterocycles. The molecule has 17 heavy (non-hydrogen) atoms. The molecule has 0 aliphatic carbocycles. The maximum absolute atomic E-state index is 11.8. The number of carbonyl (C=O) groups is 2. The van der Waals surface area contributed by atoms with E-state index in [9.17, 15) is 14.7 Å². The summed E-state index contributed by atoms with van der Waals surface area (Å²) in [6.45, 7) is 5.46. The zero-order valence-electron chi connectivity index (χ0n) is 10.4. The Morgan fingerprint density at radius 1 is 1.24 bits per heavy atom. The lowest BCUT2D eigenvalue weighted by molar-refractivity contribution is -0.181. The molecule has 0 aromatic rings. The third-order valence-corrected chi connectivity index (χ3v) is 2.64. The highest BCUT2D eigenvalue weighted by atomic mass is 16.6. The number of hydrogen-bond acceptors (Lipinski definition) is 4. The van der Waals surface area contributed by atoms with Crippen LogP contribution in [0.2, 0.25) is 0 Å². The third-order valence-electron chi connectivity index (χ3n) is 2.64. The molecule has 1 rings (SSSR count). The summed E-state index contributed by atoms with van der Waals surface area (Å²) in [5.74, 6) is -0.671. The molecule has 98 valence electrons. The summed E-state index contributed by atoms with van der Waals surface area (Å²) in [5, 5.41) is 18.9. The molecule has 1 amide bonds. The number of carboxylic acid groups (broad SMARTS) is 1. The van der Waals surface area contributed by atoms with E-state index in [1.165, 1.54) is 4.90 Å². The molecular weight excluding hydrogens is 226 g/mol. The number of esters is 1. The van der Waals surface area contributed by atoms with Gasteiger partial charge in [-0.3, -0.25) is 0 Å².